The van der Waals surface area contributed by atoms with Crippen LogP contribution in [-0.4, -0.2) is 34.9 Å². The Hall–Kier alpha value is -1.42. The van der Waals surface area contributed by atoms with Crippen LogP contribution in [0, 0.1) is 6.92 Å². The van der Waals surface area contributed by atoms with Gasteiger partial charge in [-0.05, 0) is 44.9 Å². The Morgan fingerprint density at radius 3 is 2.62 bits per heavy atom. The lowest BCUT2D eigenvalue weighted by Gasteiger charge is -2.31. The van der Waals surface area contributed by atoms with Gasteiger partial charge >= 0.3 is 0 Å². The first-order chi connectivity index (χ1) is 10.2. The van der Waals surface area contributed by atoms with Crippen LogP contribution in [0.25, 0.3) is 0 Å². The lowest BCUT2D eigenvalue weighted by atomic mass is 10.1. The second-order valence-corrected chi connectivity index (χ2v) is 5.95. The molecule has 4 heteroatoms. The van der Waals surface area contributed by atoms with Crippen molar-refractivity contribution in [1.82, 2.24) is 9.88 Å². The summed E-state index contributed by atoms with van der Waals surface area (Å²) < 4.78 is 0. The molecule has 0 aromatic carbocycles. The minimum absolute atomic E-state index is 0.0686. The average Bonchev–Trinajstić information content (AvgIpc) is 2.77. The first kappa shape index (κ1) is 16.0. The highest BCUT2D eigenvalue weighted by atomic mass is 16.2. The number of nitrogens with zero attached hydrogens (tertiary/aromatic N) is 2. The van der Waals surface area contributed by atoms with Gasteiger partial charge in [-0.3, -0.25) is 4.79 Å². The summed E-state index contributed by atoms with van der Waals surface area (Å²) in [5.41, 5.74) is 7.10. The number of carbonyl (C=O) groups is 1. The number of hydrogen-bond donors (Lipinski definition) is 1. The van der Waals surface area contributed by atoms with Crippen molar-refractivity contribution in [1.29, 1.82) is 0 Å². The van der Waals surface area contributed by atoms with E-state index in [1.807, 2.05) is 30.0 Å². The third-order valence-electron chi connectivity index (χ3n) is 4.24. The SMILES string of the molecule is Cc1cccc(C(=O)N(CCCN)C2CCCCCC2)n1. The van der Waals surface area contributed by atoms with Crippen molar-refractivity contribution < 1.29 is 4.79 Å². The van der Waals surface area contributed by atoms with Crippen LogP contribution < -0.4 is 5.73 Å². The largest absolute Gasteiger partial charge is 0.334 e. The Balaban J connectivity index is 2.15. The highest BCUT2D eigenvalue weighted by Crippen LogP contribution is 2.23. The zero-order valence-corrected chi connectivity index (χ0v) is 13.1. The van der Waals surface area contributed by atoms with Gasteiger partial charge in [-0.2, -0.15) is 0 Å². The minimum Gasteiger partial charge on any atom is -0.334 e. The summed E-state index contributed by atoms with van der Waals surface area (Å²) in [6.07, 6.45) is 8.10. The number of amides is 1. The van der Waals surface area contributed by atoms with Gasteiger partial charge in [0.2, 0.25) is 0 Å². The summed E-state index contributed by atoms with van der Waals surface area (Å²) in [5, 5.41) is 0. The van der Waals surface area contributed by atoms with E-state index in [0.717, 1.165) is 31.5 Å². The first-order valence-electron chi connectivity index (χ1n) is 8.17. The molecule has 21 heavy (non-hydrogen) atoms. The summed E-state index contributed by atoms with van der Waals surface area (Å²) >= 11 is 0. The topological polar surface area (TPSA) is 59.2 Å². The fourth-order valence-electron chi connectivity index (χ4n) is 3.09. The summed E-state index contributed by atoms with van der Waals surface area (Å²) in [5.74, 6) is 0.0686. The normalized spacial score (nSPS) is 16.5. The number of pyridine rings is 1. The van der Waals surface area contributed by atoms with Gasteiger partial charge in [0.1, 0.15) is 5.69 Å². The zero-order valence-electron chi connectivity index (χ0n) is 13.1. The lowest BCUT2D eigenvalue weighted by Crippen LogP contribution is -2.41. The summed E-state index contributed by atoms with van der Waals surface area (Å²) in [6, 6.07) is 6.01. The third-order valence-corrected chi connectivity index (χ3v) is 4.24. The molecule has 1 aromatic heterocycles. The summed E-state index contributed by atoms with van der Waals surface area (Å²) in [4.78, 5) is 19.3. The van der Waals surface area contributed by atoms with Crippen LogP contribution in [0.2, 0.25) is 0 Å². The highest BCUT2D eigenvalue weighted by molar-refractivity contribution is 5.92. The number of nitrogens with two attached hydrogens (primary N) is 1. The Morgan fingerprint density at radius 2 is 2.00 bits per heavy atom. The standard InChI is InChI=1S/C17H27N3O/c1-14-8-6-11-16(19-14)17(21)20(13-7-12-18)15-9-4-2-3-5-10-15/h6,8,11,15H,2-5,7,9-10,12-13,18H2,1H3. The Morgan fingerprint density at radius 1 is 1.29 bits per heavy atom. The number of hydrogen-bond acceptors (Lipinski definition) is 3. The molecule has 1 saturated carbocycles. The quantitative estimate of drug-likeness (QED) is 0.848. The van der Waals surface area contributed by atoms with Gasteiger partial charge in [0.15, 0.2) is 0 Å². The van der Waals surface area contributed by atoms with Crippen LogP contribution in [0.15, 0.2) is 18.2 Å². The van der Waals surface area contributed by atoms with E-state index in [9.17, 15) is 4.79 Å². The van der Waals surface area contributed by atoms with Crippen molar-refractivity contribution >= 4 is 5.91 Å². The Labute approximate surface area is 127 Å². The predicted molar refractivity (Wildman–Crippen MR) is 85.2 cm³/mol. The molecule has 0 bridgehead atoms. The maximum absolute atomic E-state index is 12.8. The molecule has 0 unspecified atom stereocenters. The van der Waals surface area contributed by atoms with Gasteiger partial charge in [-0.15, -0.1) is 0 Å². The van der Waals surface area contributed by atoms with Crippen molar-refractivity contribution in [3.8, 4) is 0 Å². The molecule has 2 rings (SSSR count). The molecule has 1 fully saturated rings. The monoisotopic (exact) mass is 289 g/mol. The van der Waals surface area contributed by atoms with Crippen molar-refractivity contribution in [2.75, 3.05) is 13.1 Å². The molecule has 1 amide bonds. The van der Waals surface area contributed by atoms with Gasteiger partial charge in [0.05, 0.1) is 0 Å². The van der Waals surface area contributed by atoms with Crippen LogP contribution in [-0.2, 0) is 0 Å². The molecule has 0 saturated heterocycles. The van der Waals surface area contributed by atoms with Crippen molar-refractivity contribution in [2.45, 2.75) is 57.9 Å². The number of rotatable bonds is 5. The van der Waals surface area contributed by atoms with Crippen molar-refractivity contribution in [3.63, 3.8) is 0 Å². The smallest absolute Gasteiger partial charge is 0.272 e. The second-order valence-electron chi connectivity index (χ2n) is 5.95. The fourth-order valence-corrected chi connectivity index (χ4v) is 3.09. The number of aryl methyl sites for hydroxylation is 1. The second kappa shape index (κ2) is 8.13. The predicted octanol–water partition coefficient (Wildman–Crippen LogP) is 2.90. The molecule has 0 spiro atoms. The van der Waals surface area contributed by atoms with E-state index < -0.39 is 0 Å². The van der Waals surface area contributed by atoms with Crippen LogP contribution in [0.5, 0.6) is 0 Å². The van der Waals surface area contributed by atoms with E-state index in [4.69, 9.17) is 5.73 Å². The van der Waals surface area contributed by atoms with Gasteiger partial charge < -0.3 is 10.6 Å². The van der Waals surface area contributed by atoms with Crippen molar-refractivity contribution in [2.24, 2.45) is 5.73 Å². The molecule has 0 radical (unpaired) electrons. The van der Waals surface area contributed by atoms with Gasteiger partial charge in [-0.1, -0.05) is 31.7 Å². The Kier molecular flexibility index (Phi) is 6.18. The van der Waals surface area contributed by atoms with E-state index >= 15 is 0 Å². The number of aromatic nitrogens is 1. The maximum Gasteiger partial charge on any atom is 0.272 e. The number of carbonyl (C=O) groups excluding carboxylic acids is 1. The van der Waals surface area contributed by atoms with Gasteiger partial charge in [0.25, 0.3) is 5.91 Å². The van der Waals surface area contributed by atoms with E-state index in [-0.39, 0.29) is 5.91 Å². The Bertz CT molecular complexity index is 453. The van der Waals surface area contributed by atoms with Gasteiger partial charge in [-0.25, -0.2) is 4.98 Å². The molecule has 1 heterocycles. The van der Waals surface area contributed by atoms with Gasteiger partial charge in [0, 0.05) is 18.3 Å². The molecule has 1 aliphatic rings. The lowest BCUT2D eigenvalue weighted by molar-refractivity contribution is 0.0652. The summed E-state index contributed by atoms with van der Waals surface area (Å²) in [6.45, 7) is 3.29. The average molecular weight is 289 g/mol. The summed E-state index contributed by atoms with van der Waals surface area (Å²) in [7, 11) is 0. The maximum atomic E-state index is 12.8. The molecular weight excluding hydrogens is 262 g/mol. The van der Waals surface area contributed by atoms with Crippen LogP contribution >= 0.6 is 0 Å². The van der Waals surface area contributed by atoms with E-state index in [0.29, 0.717) is 18.3 Å². The molecule has 4 nitrogen and oxygen atoms in total. The molecule has 0 aliphatic heterocycles. The molecule has 1 aliphatic carbocycles. The van der Waals surface area contributed by atoms with E-state index in [1.165, 1.54) is 25.7 Å². The zero-order chi connectivity index (χ0) is 15.1. The first-order valence-corrected chi connectivity index (χ1v) is 8.17. The molecule has 0 atom stereocenters. The van der Waals surface area contributed by atoms with Crippen molar-refractivity contribution in [3.05, 3.63) is 29.6 Å². The molecule has 1 aromatic rings. The molecule has 2 N–H and O–H groups in total. The van der Waals surface area contributed by atoms with Crippen LogP contribution in [0.1, 0.15) is 61.1 Å². The fraction of sp³-hybridized carbons (Fsp3) is 0.647. The van der Waals surface area contributed by atoms with Crippen LogP contribution in [0.4, 0.5) is 0 Å². The van der Waals surface area contributed by atoms with E-state index in [2.05, 4.69) is 4.98 Å². The minimum atomic E-state index is 0.0686. The molecular formula is C17H27N3O. The van der Waals surface area contributed by atoms with E-state index in [1.54, 1.807) is 0 Å². The van der Waals surface area contributed by atoms with Crippen LogP contribution in [0.3, 0.4) is 0 Å². The third kappa shape index (κ3) is 4.53. The highest BCUT2D eigenvalue weighted by Gasteiger charge is 2.25. The molecule has 116 valence electrons.